The summed E-state index contributed by atoms with van der Waals surface area (Å²) in [4.78, 5) is 0. The van der Waals surface area contributed by atoms with Gasteiger partial charge >= 0.3 is 21.1 Å². The molecule has 0 unspecified atom stereocenters. The molecule has 0 saturated heterocycles. The van der Waals surface area contributed by atoms with E-state index in [1.165, 1.54) is 0 Å². The van der Waals surface area contributed by atoms with Crippen molar-refractivity contribution in [3.05, 3.63) is 13.8 Å². The molecule has 0 aliphatic carbocycles. The van der Waals surface area contributed by atoms with Gasteiger partial charge in [0.2, 0.25) is 0 Å². The first-order valence-electron chi connectivity index (χ1n) is 7.67. The Balaban J connectivity index is -0.0000000722. The van der Waals surface area contributed by atoms with E-state index in [4.69, 9.17) is 0 Å². The van der Waals surface area contributed by atoms with Gasteiger partial charge in [-0.2, -0.15) is 0 Å². The van der Waals surface area contributed by atoms with Gasteiger partial charge in [0.15, 0.2) is 0 Å². The second kappa shape index (κ2) is 11.3. The average Bonchev–Trinajstić information content (AvgIpc) is 1.96. The molecule has 0 aliphatic heterocycles. The Morgan fingerprint density at radius 1 is 0.600 bits per heavy atom. The maximum atomic E-state index is 4.20. The van der Waals surface area contributed by atoms with Crippen molar-refractivity contribution in [1.82, 2.24) is 0 Å². The first kappa shape index (κ1) is 28.8. The van der Waals surface area contributed by atoms with Crippen molar-refractivity contribution in [2.45, 2.75) is 83.1 Å². The van der Waals surface area contributed by atoms with E-state index in [2.05, 4.69) is 96.9 Å². The molecule has 0 N–H and O–H groups in total. The molecule has 0 rings (SSSR count). The molecule has 0 saturated carbocycles. The average molecular weight is 457 g/mol. The molecule has 20 heavy (non-hydrogen) atoms. The molecule has 0 radical (unpaired) electrons. The van der Waals surface area contributed by atoms with Gasteiger partial charge in [0, 0.05) is 1.43 Å². The molecule has 126 valence electrons. The Labute approximate surface area is 147 Å². The Bertz CT molecular complexity index is 177. The van der Waals surface area contributed by atoms with Gasteiger partial charge in [-0.15, -0.1) is 0 Å². The molecule has 0 aromatic rings. The molecule has 0 aromatic carbocycles. The van der Waals surface area contributed by atoms with Crippen molar-refractivity contribution in [2.75, 3.05) is 0 Å². The Morgan fingerprint density at radius 2 is 0.700 bits per heavy atom. The van der Waals surface area contributed by atoms with Gasteiger partial charge in [0.25, 0.3) is 0 Å². The van der Waals surface area contributed by atoms with Gasteiger partial charge in [-0.25, -0.2) is 0 Å². The van der Waals surface area contributed by atoms with Crippen molar-refractivity contribution >= 4 is 0 Å². The van der Waals surface area contributed by atoms with Gasteiger partial charge in [0.05, 0.1) is 0 Å². The summed E-state index contributed by atoms with van der Waals surface area (Å²) >= 11 is 0. The van der Waals surface area contributed by atoms with Crippen molar-refractivity contribution in [2.24, 2.45) is 28.1 Å². The summed E-state index contributed by atoms with van der Waals surface area (Å²) in [5, 5.41) is 0. The summed E-state index contributed by atoms with van der Waals surface area (Å²) in [6.45, 7) is 34.6. The minimum Gasteiger partial charge on any atom is -0.366 e. The SMILES string of the molecule is CC(C)C.CC(C)C.[2HH].[CH2-]C([CH2-])(C(C)(C)C)C(C)(C)C.[W+2]. The van der Waals surface area contributed by atoms with E-state index in [9.17, 15) is 0 Å². The van der Waals surface area contributed by atoms with E-state index in [-0.39, 0.29) is 38.7 Å². The van der Waals surface area contributed by atoms with Crippen molar-refractivity contribution < 1.29 is 22.5 Å². The molecule has 0 aliphatic rings. The van der Waals surface area contributed by atoms with Crippen LogP contribution in [-0.2, 0) is 21.1 Å². The fourth-order valence-electron chi connectivity index (χ4n) is 1.12. The first-order valence-corrected chi connectivity index (χ1v) is 7.67. The van der Waals surface area contributed by atoms with Crippen LogP contribution in [0.1, 0.15) is 84.5 Å². The third-order valence-corrected chi connectivity index (χ3v) is 2.87. The van der Waals surface area contributed by atoms with E-state index in [0.29, 0.717) is 0 Å². The monoisotopic (exact) mass is 457 g/mol. The number of hydrogen-bond acceptors (Lipinski definition) is 0. The third-order valence-electron chi connectivity index (χ3n) is 2.87. The maximum Gasteiger partial charge on any atom is 2.00 e. The predicted octanol–water partition coefficient (Wildman–Crippen LogP) is 7.30. The largest absolute Gasteiger partial charge is 2.00 e. The second-order valence-electron chi connectivity index (χ2n) is 9.05. The van der Waals surface area contributed by atoms with Crippen LogP contribution in [0.5, 0.6) is 0 Å². The number of hydrogen-bond donors (Lipinski definition) is 0. The van der Waals surface area contributed by atoms with Gasteiger partial charge in [0.1, 0.15) is 0 Å². The summed E-state index contributed by atoms with van der Waals surface area (Å²) in [5.74, 6) is 1.67. The fourth-order valence-corrected chi connectivity index (χ4v) is 1.12. The van der Waals surface area contributed by atoms with Crippen LogP contribution in [0.3, 0.4) is 0 Å². The van der Waals surface area contributed by atoms with Crippen LogP contribution in [0.2, 0.25) is 0 Å². The van der Waals surface area contributed by atoms with E-state index in [0.717, 1.165) is 11.8 Å². The topological polar surface area (TPSA) is 0 Å². The van der Waals surface area contributed by atoms with Crippen LogP contribution in [0.25, 0.3) is 0 Å². The molecule has 1 heteroatoms. The van der Waals surface area contributed by atoms with Crippen LogP contribution in [0.15, 0.2) is 0 Å². The molecule has 0 bridgehead atoms. The summed E-state index contributed by atoms with van der Waals surface area (Å²) < 4.78 is 0. The van der Waals surface area contributed by atoms with Crippen LogP contribution >= 0.6 is 0 Å². The first-order chi connectivity index (χ1) is 7.96. The van der Waals surface area contributed by atoms with Gasteiger partial charge in [-0.05, 0) is 11.8 Å². The molecule has 0 amide bonds. The van der Waals surface area contributed by atoms with Crippen LogP contribution in [0, 0.1) is 41.9 Å². The van der Waals surface area contributed by atoms with Crippen LogP contribution in [0.4, 0.5) is 0 Å². The summed E-state index contributed by atoms with van der Waals surface area (Å²) in [6, 6.07) is 0. The van der Waals surface area contributed by atoms with E-state index in [1.54, 1.807) is 0 Å². The summed E-state index contributed by atoms with van der Waals surface area (Å²) in [7, 11) is 0. The Kier molecular flexibility index (Phi) is 16.2. The quantitative estimate of drug-likeness (QED) is 0.335. The smallest absolute Gasteiger partial charge is 0.366 e. The maximum absolute atomic E-state index is 4.20. The molecule has 0 fully saturated rings. The Morgan fingerprint density at radius 3 is 0.700 bits per heavy atom. The Hall–Kier alpha value is 0.688. The standard InChI is InChI=1S/C11H22.2C4H10.W.H2/c1-9(2,3)11(7,8)10(4,5)6;2*1-4(2)3;;/h7-8H2,1-6H3;2*4H,1-3H3;;1H/q-2;;;+2;/i;;;;1+1. The minimum absolute atomic E-state index is 0. The van der Waals surface area contributed by atoms with Crippen molar-refractivity contribution in [3.63, 3.8) is 0 Å². The van der Waals surface area contributed by atoms with Crippen LogP contribution < -0.4 is 0 Å². The molecular formula is C19H44W. The van der Waals surface area contributed by atoms with E-state index in [1.807, 2.05) is 0 Å². The summed E-state index contributed by atoms with van der Waals surface area (Å²) in [6.07, 6.45) is 0. The zero-order valence-electron chi connectivity index (χ0n) is 16.5. The molecule has 0 aromatic heterocycles. The predicted molar refractivity (Wildman–Crippen MR) is 95.2 cm³/mol. The second-order valence-corrected chi connectivity index (χ2v) is 9.05. The molecule has 0 nitrogen and oxygen atoms in total. The normalized spacial score (nSPS) is 12.0. The molecule has 0 spiro atoms. The van der Waals surface area contributed by atoms with Gasteiger partial charge in [-0.1, -0.05) is 93.9 Å². The van der Waals surface area contributed by atoms with E-state index < -0.39 is 0 Å². The van der Waals surface area contributed by atoms with Crippen molar-refractivity contribution in [3.8, 4) is 0 Å². The van der Waals surface area contributed by atoms with Gasteiger partial charge < -0.3 is 13.8 Å². The van der Waals surface area contributed by atoms with E-state index >= 15 is 0 Å². The number of rotatable bonds is 0. The molecule has 0 atom stereocenters. The fraction of sp³-hybridized carbons (Fsp3) is 0.895. The zero-order valence-corrected chi connectivity index (χ0v) is 19.4. The minimum atomic E-state index is -0.125. The molecular weight excluding hydrogens is 412 g/mol. The van der Waals surface area contributed by atoms with Gasteiger partial charge in [-0.3, -0.25) is 5.41 Å². The zero-order chi connectivity index (χ0) is 16.7. The molecule has 0 heterocycles. The van der Waals surface area contributed by atoms with Crippen LogP contribution in [-0.4, -0.2) is 0 Å². The summed E-state index contributed by atoms with van der Waals surface area (Å²) in [5.41, 5.74) is 0.191. The third kappa shape index (κ3) is 16.7. The van der Waals surface area contributed by atoms with Crippen molar-refractivity contribution in [1.29, 1.82) is 0 Å².